The summed E-state index contributed by atoms with van der Waals surface area (Å²) in [6.07, 6.45) is 1.75. The van der Waals surface area contributed by atoms with Crippen molar-refractivity contribution < 1.29 is 19.0 Å². The lowest BCUT2D eigenvalue weighted by atomic mass is 10.0. The van der Waals surface area contributed by atoms with E-state index in [1.54, 1.807) is 18.0 Å². The molecular formula is C27H26O4S. The number of benzene rings is 3. The van der Waals surface area contributed by atoms with Crippen LogP contribution in [-0.4, -0.2) is 30.4 Å². The quantitative estimate of drug-likeness (QED) is 0.389. The Morgan fingerprint density at radius 1 is 0.812 bits per heavy atom. The largest absolute Gasteiger partial charge is 0.492 e. The van der Waals surface area contributed by atoms with E-state index in [1.165, 1.54) is 0 Å². The normalized spacial score (nSPS) is 20.2. The lowest BCUT2D eigenvalue weighted by Crippen LogP contribution is -2.45. The van der Waals surface area contributed by atoms with Crippen molar-refractivity contribution in [3.8, 4) is 0 Å². The minimum atomic E-state index is -0.346. The number of carbonyl (C=O) groups excluding carboxylic acids is 1. The third kappa shape index (κ3) is 6.10. The Hall–Kier alpha value is -2.86. The van der Waals surface area contributed by atoms with Gasteiger partial charge in [0.1, 0.15) is 18.5 Å². The molecule has 3 aromatic rings. The predicted octanol–water partition coefficient (Wildman–Crippen LogP) is 5.43. The molecule has 1 heterocycles. The van der Waals surface area contributed by atoms with Gasteiger partial charge in [0.05, 0.1) is 31.3 Å². The minimum absolute atomic E-state index is 0.197. The molecule has 3 atom stereocenters. The van der Waals surface area contributed by atoms with Crippen LogP contribution in [0.5, 0.6) is 0 Å². The van der Waals surface area contributed by atoms with E-state index in [0.29, 0.717) is 25.4 Å². The Kier molecular flexibility index (Phi) is 8.15. The summed E-state index contributed by atoms with van der Waals surface area (Å²) in [5, 5.41) is -0.197. The van der Waals surface area contributed by atoms with Gasteiger partial charge >= 0.3 is 0 Å². The first-order valence-electron chi connectivity index (χ1n) is 10.6. The van der Waals surface area contributed by atoms with E-state index in [4.69, 9.17) is 14.2 Å². The van der Waals surface area contributed by atoms with Gasteiger partial charge in [-0.3, -0.25) is 4.79 Å². The second-order valence-electron chi connectivity index (χ2n) is 7.52. The SMILES string of the molecule is O=CC1=CO[C@H](COCc2ccccc2)[C@@H](OCc2ccccc2)C1Sc1ccccc1. The molecular weight excluding hydrogens is 420 g/mol. The van der Waals surface area contributed by atoms with E-state index in [9.17, 15) is 4.79 Å². The zero-order chi connectivity index (χ0) is 22.0. The van der Waals surface area contributed by atoms with E-state index in [1.807, 2.05) is 91.0 Å². The molecule has 4 rings (SSSR count). The summed E-state index contributed by atoms with van der Waals surface area (Å²) in [5.41, 5.74) is 2.75. The van der Waals surface area contributed by atoms with Crippen LogP contribution in [0.1, 0.15) is 11.1 Å². The Labute approximate surface area is 193 Å². The Morgan fingerprint density at radius 2 is 1.41 bits per heavy atom. The lowest BCUT2D eigenvalue weighted by Gasteiger charge is -2.36. The number of hydrogen-bond donors (Lipinski definition) is 0. The Morgan fingerprint density at radius 3 is 2.03 bits per heavy atom. The number of thioether (sulfide) groups is 1. The van der Waals surface area contributed by atoms with Crippen molar-refractivity contribution in [2.75, 3.05) is 6.61 Å². The first-order chi connectivity index (χ1) is 15.8. The smallest absolute Gasteiger partial charge is 0.150 e. The van der Waals surface area contributed by atoms with E-state index in [0.717, 1.165) is 22.3 Å². The number of ether oxygens (including phenoxy) is 3. The Bertz CT molecular complexity index is 992. The third-order valence-corrected chi connectivity index (χ3v) is 6.53. The summed E-state index contributed by atoms with van der Waals surface area (Å²) < 4.78 is 18.3. The van der Waals surface area contributed by atoms with Gasteiger partial charge in [-0.05, 0) is 23.3 Å². The van der Waals surface area contributed by atoms with E-state index in [-0.39, 0.29) is 17.5 Å². The highest BCUT2D eigenvalue weighted by molar-refractivity contribution is 8.00. The summed E-state index contributed by atoms with van der Waals surface area (Å²) in [5.74, 6) is 0. The van der Waals surface area contributed by atoms with Crippen LogP contribution in [0.25, 0.3) is 0 Å². The van der Waals surface area contributed by atoms with E-state index >= 15 is 0 Å². The molecule has 0 aromatic heterocycles. The lowest BCUT2D eigenvalue weighted by molar-refractivity contribution is -0.110. The topological polar surface area (TPSA) is 44.8 Å². The van der Waals surface area contributed by atoms with Gasteiger partial charge in [-0.2, -0.15) is 0 Å². The third-order valence-electron chi connectivity index (χ3n) is 5.19. The summed E-state index contributed by atoms with van der Waals surface area (Å²) in [7, 11) is 0. The van der Waals surface area contributed by atoms with Crippen LogP contribution < -0.4 is 0 Å². The first kappa shape index (κ1) is 22.3. The van der Waals surface area contributed by atoms with Crippen molar-refractivity contribution in [2.24, 2.45) is 0 Å². The summed E-state index contributed by atoms with van der Waals surface area (Å²) in [6, 6.07) is 30.1. The molecule has 0 saturated carbocycles. The molecule has 1 aliphatic heterocycles. The van der Waals surface area contributed by atoms with Crippen LogP contribution in [0.3, 0.4) is 0 Å². The molecule has 0 spiro atoms. The molecule has 0 fully saturated rings. The monoisotopic (exact) mass is 446 g/mol. The average molecular weight is 447 g/mol. The molecule has 1 aliphatic rings. The maximum atomic E-state index is 11.8. The fourth-order valence-electron chi connectivity index (χ4n) is 3.53. The van der Waals surface area contributed by atoms with Crippen LogP contribution >= 0.6 is 11.8 Å². The van der Waals surface area contributed by atoms with Gasteiger partial charge in [0, 0.05) is 10.5 Å². The van der Waals surface area contributed by atoms with Crippen molar-refractivity contribution in [1.29, 1.82) is 0 Å². The molecule has 0 radical (unpaired) electrons. The van der Waals surface area contributed by atoms with Crippen LogP contribution in [0.15, 0.2) is 108 Å². The zero-order valence-corrected chi connectivity index (χ0v) is 18.5. The van der Waals surface area contributed by atoms with Crippen LogP contribution in [0, 0.1) is 0 Å². The van der Waals surface area contributed by atoms with Crippen LogP contribution in [0.2, 0.25) is 0 Å². The van der Waals surface area contributed by atoms with E-state index in [2.05, 4.69) is 0 Å². The average Bonchev–Trinajstić information content (AvgIpc) is 2.85. The van der Waals surface area contributed by atoms with Gasteiger partial charge in [-0.25, -0.2) is 0 Å². The molecule has 3 aromatic carbocycles. The van der Waals surface area contributed by atoms with Crippen molar-refractivity contribution in [2.45, 2.75) is 35.6 Å². The van der Waals surface area contributed by atoms with Crippen molar-refractivity contribution in [3.63, 3.8) is 0 Å². The van der Waals surface area contributed by atoms with Crippen LogP contribution in [0.4, 0.5) is 0 Å². The highest BCUT2D eigenvalue weighted by atomic mass is 32.2. The predicted molar refractivity (Wildman–Crippen MR) is 126 cm³/mol. The number of aldehydes is 1. The van der Waals surface area contributed by atoms with Gasteiger partial charge in [-0.1, -0.05) is 78.9 Å². The van der Waals surface area contributed by atoms with Crippen LogP contribution in [-0.2, 0) is 32.2 Å². The fourth-order valence-corrected chi connectivity index (χ4v) is 4.78. The molecule has 0 aliphatic carbocycles. The van der Waals surface area contributed by atoms with Gasteiger partial charge in [0.25, 0.3) is 0 Å². The fraction of sp³-hybridized carbons (Fsp3) is 0.222. The number of hydrogen-bond acceptors (Lipinski definition) is 5. The molecule has 32 heavy (non-hydrogen) atoms. The second-order valence-corrected chi connectivity index (χ2v) is 8.74. The van der Waals surface area contributed by atoms with E-state index < -0.39 is 0 Å². The van der Waals surface area contributed by atoms with Crippen molar-refractivity contribution in [3.05, 3.63) is 114 Å². The number of carbonyl (C=O) groups is 1. The second kappa shape index (κ2) is 11.7. The molecule has 0 saturated heterocycles. The highest BCUT2D eigenvalue weighted by Crippen LogP contribution is 2.36. The summed E-state index contributed by atoms with van der Waals surface area (Å²) >= 11 is 1.61. The maximum absolute atomic E-state index is 11.8. The highest BCUT2D eigenvalue weighted by Gasteiger charge is 2.38. The Balaban J connectivity index is 1.50. The molecule has 164 valence electrons. The van der Waals surface area contributed by atoms with Gasteiger partial charge in [-0.15, -0.1) is 11.8 Å². The summed E-state index contributed by atoms with van der Waals surface area (Å²) in [4.78, 5) is 12.9. The maximum Gasteiger partial charge on any atom is 0.150 e. The zero-order valence-electron chi connectivity index (χ0n) is 17.7. The molecule has 4 nitrogen and oxygen atoms in total. The minimum Gasteiger partial charge on any atom is -0.492 e. The van der Waals surface area contributed by atoms with Gasteiger partial charge in [0.15, 0.2) is 0 Å². The number of rotatable bonds is 10. The molecule has 0 bridgehead atoms. The molecule has 0 N–H and O–H groups in total. The molecule has 1 unspecified atom stereocenters. The van der Waals surface area contributed by atoms with Crippen molar-refractivity contribution in [1.82, 2.24) is 0 Å². The first-order valence-corrected chi connectivity index (χ1v) is 11.5. The molecule has 5 heteroatoms. The standard InChI is InChI=1S/C27H26O4S/c28-16-23-19-30-25(20-29-17-21-10-4-1-5-11-21)26(31-18-22-12-6-2-7-13-22)27(23)32-24-14-8-3-9-15-24/h1-16,19,25-27H,17-18,20H2/t25-,26-,27?/m1/s1. The van der Waals surface area contributed by atoms with Crippen molar-refractivity contribution >= 4 is 18.0 Å². The molecule has 0 amide bonds. The summed E-state index contributed by atoms with van der Waals surface area (Å²) in [6.45, 7) is 1.29. The van der Waals surface area contributed by atoms with Gasteiger partial charge < -0.3 is 14.2 Å². The van der Waals surface area contributed by atoms with Gasteiger partial charge in [0.2, 0.25) is 0 Å².